The van der Waals surface area contributed by atoms with Crippen LogP contribution in [0.3, 0.4) is 0 Å². The summed E-state index contributed by atoms with van der Waals surface area (Å²) >= 11 is 0. The van der Waals surface area contributed by atoms with Gasteiger partial charge in [-0.3, -0.25) is 0 Å². The third kappa shape index (κ3) is 4.23. The van der Waals surface area contributed by atoms with Gasteiger partial charge in [0.05, 0.1) is 0 Å². The van der Waals surface area contributed by atoms with E-state index in [2.05, 4.69) is 29.1 Å². The lowest BCUT2D eigenvalue weighted by Crippen LogP contribution is -2.23. The molecule has 1 aromatic carbocycles. The minimum absolute atomic E-state index is 0.260. The highest BCUT2D eigenvalue weighted by Crippen LogP contribution is 2.22. The van der Waals surface area contributed by atoms with Crippen molar-refractivity contribution in [3.63, 3.8) is 0 Å². The summed E-state index contributed by atoms with van der Waals surface area (Å²) in [5.41, 5.74) is 1.79. The fourth-order valence-corrected chi connectivity index (χ4v) is 1.98. The highest BCUT2D eigenvalue weighted by molar-refractivity contribution is 5.56. The highest BCUT2D eigenvalue weighted by Gasteiger charge is 2.10. The van der Waals surface area contributed by atoms with E-state index >= 15 is 0 Å². The Morgan fingerprint density at radius 2 is 1.95 bits per heavy atom. The molecular formula is C16H21FN4. The minimum Gasteiger partial charge on any atom is -0.311 e. The SMILES string of the molecule is CCN(c1cccc(F)c1)c1ncc(CNC(C)C)cn1. The van der Waals surface area contributed by atoms with Gasteiger partial charge < -0.3 is 10.2 Å². The van der Waals surface area contributed by atoms with E-state index in [1.54, 1.807) is 18.5 Å². The van der Waals surface area contributed by atoms with E-state index in [4.69, 9.17) is 0 Å². The summed E-state index contributed by atoms with van der Waals surface area (Å²) in [5.74, 6) is 0.320. The maximum absolute atomic E-state index is 13.3. The molecule has 1 heterocycles. The number of rotatable bonds is 6. The van der Waals surface area contributed by atoms with Gasteiger partial charge in [0.1, 0.15) is 5.82 Å². The minimum atomic E-state index is -0.260. The fourth-order valence-electron chi connectivity index (χ4n) is 1.98. The Hall–Kier alpha value is -2.01. The monoisotopic (exact) mass is 288 g/mol. The molecule has 0 aliphatic heterocycles. The second kappa shape index (κ2) is 7.13. The molecule has 0 aliphatic rings. The van der Waals surface area contributed by atoms with Crippen LogP contribution in [0.15, 0.2) is 36.7 Å². The van der Waals surface area contributed by atoms with Crippen molar-refractivity contribution in [1.82, 2.24) is 15.3 Å². The number of nitrogens with zero attached hydrogens (tertiary/aromatic N) is 3. The Labute approximate surface area is 125 Å². The average Bonchev–Trinajstić information content (AvgIpc) is 2.47. The summed E-state index contributed by atoms with van der Waals surface area (Å²) in [7, 11) is 0. The van der Waals surface area contributed by atoms with Gasteiger partial charge in [0.25, 0.3) is 0 Å². The van der Waals surface area contributed by atoms with Gasteiger partial charge in [0.15, 0.2) is 0 Å². The first-order valence-corrected chi connectivity index (χ1v) is 7.17. The first-order chi connectivity index (χ1) is 10.1. The zero-order valence-electron chi connectivity index (χ0n) is 12.7. The van der Waals surface area contributed by atoms with Crippen LogP contribution in [0.1, 0.15) is 26.3 Å². The molecule has 21 heavy (non-hydrogen) atoms. The third-order valence-electron chi connectivity index (χ3n) is 3.08. The molecule has 2 rings (SSSR count). The van der Waals surface area contributed by atoms with E-state index < -0.39 is 0 Å². The Kier molecular flexibility index (Phi) is 5.22. The zero-order valence-corrected chi connectivity index (χ0v) is 12.7. The van der Waals surface area contributed by atoms with Crippen LogP contribution < -0.4 is 10.2 Å². The summed E-state index contributed by atoms with van der Waals surface area (Å²) in [4.78, 5) is 10.7. The lowest BCUT2D eigenvalue weighted by molar-refractivity contribution is 0.586. The van der Waals surface area contributed by atoms with Gasteiger partial charge >= 0.3 is 0 Å². The van der Waals surface area contributed by atoms with Gasteiger partial charge in [-0.05, 0) is 25.1 Å². The quantitative estimate of drug-likeness (QED) is 0.885. The van der Waals surface area contributed by atoms with Crippen molar-refractivity contribution in [2.75, 3.05) is 11.4 Å². The first-order valence-electron chi connectivity index (χ1n) is 7.17. The van der Waals surface area contributed by atoms with Crippen LogP contribution in [0.2, 0.25) is 0 Å². The summed E-state index contributed by atoms with van der Waals surface area (Å²) < 4.78 is 13.3. The molecule has 0 bridgehead atoms. The van der Waals surface area contributed by atoms with E-state index in [0.29, 0.717) is 18.5 Å². The van der Waals surface area contributed by atoms with Crippen LogP contribution in [0.25, 0.3) is 0 Å². The molecule has 0 amide bonds. The van der Waals surface area contributed by atoms with Gasteiger partial charge in [-0.15, -0.1) is 0 Å². The maximum atomic E-state index is 13.3. The first kappa shape index (κ1) is 15.4. The maximum Gasteiger partial charge on any atom is 0.229 e. The van der Waals surface area contributed by atoms with Gasteiger partial charge in [-0.25, -0.2) is 14.4 Å². The highest BCUT2D eigenvalue weighted by atomic mass is 19.1. The zero-order chi connectivity index (χ0) is 15.2. The summed E-state index contributed by atoms with van der Waals surface area (Å²) in [6.07, 6.45) is 3.61. The number of anilines is 2. The molecule has 0 unspecified atom stereocenters. The average molecular weight is 288 g/mol. The standard InChI is InChI=1S/C16H21FN4/c1-4-21(15-7-5-6-14(17)8-15)16-19-10-13(11-20-16)9-18-12(2)3/h5-8,10-12,18H,4,9H2,1-3H3. The molecule has 0 atom stereocenters. The van der Waals surface area contributed by atoms with Crippen molar-refractivity contribution < 1.29 is 4.39 Å². The molecule has 0 saturated heterocycles. The Bertz CT molecular complexity index is 569. The van der Waals surface area contributed by atoms with Gasteiger partial charge in [0.2, 0.25) is 5.95 Å². The summed E-state index contributed by atoms with van der Waals surface area (Å²) in [6, 6.07) is 6.88. The normalized spacial score (nSPS) is 10.9. The fraction of sp³-hybridized carbons (Fsp3) is 0.375. The molecule has 0 saturated carbocycles. The third-order valence-corrected chi connectivity index (χ3v) is 3.08. The molecular weight excluding hydrogens is 267 g/mol. The van der Waals surface area contributed by atoms with Crippen molar-refractivity contribution in [1.29, 1.82) is 0 Å². The predicted octanol–water partition coefficient (Wildman–Crippen LogP) is 3.27. The van der Waals surface area contributed by atoms with E-state index in [1.165, 1.54) is 12.1 Å². The number of nitrogens with one attached hydrogen (secondary N) is 1. The van der Waals surface area contributed by atoms with Crippen molar-refractivity contribution in [3.05, 3.63) is 48.0 Å². The Morgan fingerprint density at radius 3 is 2.52 bits per heavy atom. The van der Waals surface area contributed by atoms with Gasteiger partial charge in [0, 0.05) is 42.8 Å². The van der Waals surface area contributed by atoms with E-state index in [-0.39, 0.29) is 5.82 Å². The van der Waals surface area contributed by atoms with Crippen LogP contribution in [0, 0.1) is 5.82 Å². The van der Waals surface area contributed by atoms with Crippen molar-refractivity contribution >= 4 is 11.6 Å². The Balaban J connectivity index is 2.15. The summed E-state index contributed by atoms with van der Waals surface area (Å²) in [5, 5.41) is 3.32. The number of benzene rings is 1. The van der Waals surface area contributed by atoms with E-state index in [0.717, 1.165) is 17.8 Å². The molecule has 0 fully saturated rings. The van der Waals surface area contributed by atoms with Crippen LogP contribution >= 0.6 is 0 Å². The summed E-state index contributed by atoms with van der Waals surface area (Å²) in [6.45, 7) is 7.59. The molecule has 1 N–H and O–H groups in total. The predicted molar refractivity (Wildman–Crippen MR) is 83.1 cm³/mol. The van der Waals surface area contributed by atoms with E-state index in [9.17, 15) is 4.39 Å². The van der Waals surface area contributed by atoms with Crippen LogP contribution in [0.4, 0.5) is 16.0 Å². The Morgan fingerprint density at radius 1 is 1.24 bits per heavy atom. The van der Waals surface area contributed by atoms with E-state index in [1.807, 2.05) is 17.9 Å². The number of hydrogen-bond donors (Lipinski definition) is 1. The molecule has 0 aliphatic carbocycles. The second-order valence-corrected chi connectivity index (χ2v) is 5.15. The lowest BCUT2D eigenvalue weighted by Gasteiger charge is -2.21. The number of hydrogen-bond acceptors (Lipinski definition) is 4. The molecule has 2 aromatic rings. The van der Waals surface area contributed by atoms with Crippen LogP contribution in [0.5, 0.6) is 0 Å². The molecule has 4 nitrogen and oxygen atoms in total. The van der Waals surface area contributed by atoms with Crippen molar-refractivity contribution in [3.8, 4) is 0 Å². The molecule has 112 valence electrons. The molecule has 1 aromatic heterocycles. The smallest absolute Gasteiger partial charge is 0.229 e. The second-order valence-electron chi connectivity index (χ2n) is 5.15. The largest absolute Gasteiger partial charge is 0.311 e. The number of aromatic nitrogens is 2. The lowest BCUT2D eigenvalue weighted by atomic mass is 10.3. The van der Waals surface area contributed by atoms with Crippen molar-refractivity contribution in [2.45, 2.75) is 33.4 Å². The molecule has 0 radical (unpaired) electrons. The van der Waals surface area contributed by atoms with Gasteiger partial charge in [-0.2, -0.15) is 0 Å². The molecule has 0 spiro atoms. The van der Waals surface area contributed by atoms with Crippen molar-refractivity contribution in [2.24, 2.45) is 0 Å². The molecule has 5 heteroatoms. The van der Waals surface area contributed by atoms with Crippen LogP contribution in [-0.2, 0) is 6.54 Å². The number of halogens is 1. The topological polar surface area (TPSA) is 41.1 Å². The van der Waals surface area contributed by atoms with Crippen LogP contribution in [-0.4, -0.2) is 22.6 Å². The van der Waals surface area contributed by atoms with Gasteiger partial charge in [-0.1, -0.05) is 19.9 Å².